The number of allylic oxidation sites excluding steroid dienone is 3. The van der Waals surface area contributed by atoms with E-state index in [0.717, 1.165) is 0 Å². The van der Waals surface area contributed by atoms with Crippen LogP contribution >= 0.6 is 12.6 Å². The molecule has 0 saturated carbocycles. The Morgan fingerprint density at radius 3 is 2.64 bits per heavy atom. The highest BCUT2D eigenvalue weighted by atomic mass is 32.1. The first-order chi connectivity index (χ1) is 5.13. The van der Waals surface area contributed by atoms with Gasteiger partial charge in [-0.2, -0.15) is 0 Å². The number of ketones is 1. The fourth-order valence-electron chi connectivity index (χ4n) is 0.791. The van der Waals surface area contributed by atoms with Gasteiger partial charge < -0.3 is 0 Å². The molecule has 0 aromatic rings. The van der Waals surface area contributed by atoms with Crippen molar-refractivity contribution in [1.29, 1.82) is 0 Å². The highest BCUT2D eigenvalue weighted by Crippen LogP contribution is 2.19. The zero-order chi connectivity index (χ0) is 8.43. The molecule has 4 nitrogen and oxygen atoms in total. The number of thiol groups is 1. The molecule has 1 rings (SSSR count). The molecule has 0 aromatic heterocycles. The zero-order valence-corrected chi connectivity index (χ0v) is 6.38. The standard InChI is InChI=1S/C6H5NO3S/c8-4-2-1-3-5(11)6(4)7(9)10/h1-2,11H,3H2. The summed E-state index contributed by atoms with van der Waals surface area (Å²) >= 11 is 3.82. The summed E-state index contributed by atoms with van der Waals surface area (Å²) in [5.74, 6) is -0.578. The minimum atomic E-state index is -0.700. The summed E-state index contributed by atoms with van der Waals surface area (Å²) in [6.07, 6.45) is 3.11. The molecule has 0 atom stereocenters. The van der Waals surface area contributed by atoms with Crippen LogP contribution in [0.15, 0.2) is 22.8 Å². The van der Waals surface area contributed by atoms with E-state index in [1.807, 2.05) is 0 Å². The third-order valence-corrected chi connectivity index (χ3v) is 1.66. The first-order valence-electron chi connectivity index (χ1n) is 2.90. The van der Waals surface area contributed by atoms with Gasteiger partial charge in [0.25, 0.3) is 5.78 Å². The van der Waals surface area contributed by atoms with Crippen LogP contribution in [0.2, 0.25) is 0 Å². The van der Waals surface area contributed by atoms with Gasteiger partial charge in [-0.15, -0.1) is 12.6 Å². The Bertz CT molecular complexity index is 280. The van der Waals surface area contributed by atoms with E-state index in [1.165, 1.54) is 6.08 Å². The summed E-state index contributed by atoms with van der Waals surface area (Å²) in [6.45, 7) is 0. The predicted octanol–water partition coefficient (Wildman–Crippen LogP) is 0.933. The highest BCUT2D eigenvalue weighted by molar-refractivity contribution is 7.84. The lowest BCUT2D eigenvalue weighted by Crippen LogP contribution is -2.12. The highest BCUT2D eigenvalue weighted by Gasteiger charge is 2.25. The van der Waals surface area contributed by atoms with Crippen molar-refractivity contribution in [3.63, 3.8) is 0 Å². The molecule has 0 amide bonds. The van der Waals surface area contributed by atoms with Gasteiger partial charge in [0, 0.05) is 6.42 Å². The molecule has 0 spiro atoms. The number of carbonyl (C=O) groups is 1. The Morgan fingerprint density at radius 1 is 1.64 bits per heavy atom. The molecular formula is C6H5NO3S. The van der Waals surface area contributed by atoms with E-state index < -0.39 is 16.4 Å². The summed E-state index contributed by atoms with van der Waals surface area (Å²) in [5.41, 5.74) is -0.407. The number of nitrogens with zero attached hydrogens (tertiary/aromatic N) is 1. The van der Waals surface area contributed by atoms with E-state index in [0.29, 0.717) is 6.42 Å². The van der Waals surface area contributed by atoms with Gasteiger partial charge in [0.2, 0.25) is 0 Å². The van der Waals surface area contributed by atoms with Crippen molar-refractivity contribution in [2.75, 3.05) is 0 Å². The summed E-state index contributed by atoms with van der Waals surface area (Å²) in [7, 11) is 0. The number of rotatable bonds is 1. The Balaban J connectivity index is 3.05. The van der Waals surface area contributed by atoms with Gasteiger partial charge >= 0.3 is 5.70 Å². The fourth-order valence-corrected chi connectivity index (χ4v) is 1.09. The van der Waals surface area contributed by atoms with Crippen molar-refractivity contribution in [2.24, 2.45) is 0 Å². The minimum Gasteiger partial charge on any atom is -0.282 e. The molecule has 0 aromatic carbocycles. The van der Waals surface area contributed by atoms with Crippen LogP contribution < -0.4 is 0 Å². The van der Waals surface area contributed by atoms with Crippen molar-refractivity contribution in [2.45, 2.75) is 6.42 Å². The molecule has 58 valence electrons. The number of hydrogen-bond donors (Lipinski definition) is 1. The molecule has 0 fully saturated rings. The van der Waals surface area contributed by atoms with Crippen LogP contribution in [0, 0.1) is 10.1 Å². The van der Waals surface area contributed by atoms with Gasteiger partial charge in [-0.3, -0.25) is 14.9 Å². The Kier molecular flexibility index (Phi) is 2.09. The lowest BCUT2D eigenvalue weighted by atomic mass is 10.1. The Hall–Kier alpha value is -1.10. The Labute approximate surface area is 68.1 Å². The smallest absolute Gasteiger partial charge is 0.282 e. The van der Waals surface area contributed by atoms with E-state index in [1.54, 1.807) is 6.08 Å². The molecule has 0 radical (unpaired) electrons. The van der Waals surface area contributed by atoms with Gasteiger partial charge in [0.15, 0.2) is 0 Å². The molecule has 0 bridgehead atoms. The van der Waals surface area contributed by atoms with E-state index in [2.05, 4.69) is 12.6 Å². The monoisotopic (exact) mass is 171 g/mol. The normalized spacial score (nSPS) is 17.4. The van der Waals surface area contributed by atoms with Crippen molar-refractivity contribution in [1.82, 2.24) is 0 Å². The molecule has 0 saturated heterocycles. The van der Waals surface area contributed by atoms with Crippen LogP contribution in [0.3, 0.4) is 0 Å². The topological polar surface area (TPSA) is 60.2 Å². The SMILES string of the molecule is O=C1C=CCC(S)=C1[N+](=O)[O-]. The molecule has 5 heteroatoms. The molecular weight excluding hydrogens is 166 g/mol. The molecule has 0 N–H and O–H groups in total. The third kappa shape index (κ3) is 1.48. The predicted molar refractivity (Wildman–Crippen MR) is 41.8 cm³/mol. The quantitative estimate of drug-likeness (QED) is 0.362. The van der Waals surface area contributed by atoms with Gasteiger partial charge in [0.05, 0.1) is 9.83 Å². The molecule has 0 aliphatic heterocycles. The fraction of sp³-hybridized carbons (Fsp3) is 0.167. The largest absolute Gasteiger partial charge is 0.325 e. The van der Waals surface area contributed by atoms with Crippen molar-refractivity contribution in [3.05, 3.63) is 32.9 Å². The second kappa shape index (κ2) is 2.87. The van der Waals surface area contributed by atoms with Gasteiger partial charge in [-0.1, -0.05) is 6.08 Å². The second-order valence-corrected chi connectivity index (χ2v) is 2.56. The van der Waals surface area contributed by atoms with Crippen LogP contribution in [0.4, 0.5) is 0 Å². The maximum absolute atomic E-state index is 10.8. The van der Waals surface area contributed by atoms with E-state index in [9.17, 15) is 14.9 Å². The summed E-state index contributed by atoms with van der Waals surface area (Å²) in [4.78, 5) is 20.6. The number of hydrogen-bond acceptors (Lipinski definition) is 4. The number of carbonyl (C=O) groups excluding carboxylic acids is 1. The Morgan fingerprint density at radius 2 is 2.27 bits per heavy atom. The van der Waals surface area contributed by atoms with Gasteiger partial charge in [-0.25, -0.2) is 0 Å². The maximum atomic E-state index is 10.8. The van der Waals surface area contributed by atoms with E-state index >= 15 is 0 Å². The van der Waals surface area contributed by atoms with Crippen LogP contribution in [0.5, 0.6) is 0 Å². The van der Waals surface area contributed by atoms with Crippen molar-refractivity contribution < 1.29 is 9.72 Å². The van der Waals surface area contributed by atoms with Crippen LogP contribution in [0.1, 0.15) is 6.42 Å². The minimum absolute atomic E-state index is 0.225. The first kappa shape index (κ1) is 8.00. The molecule has 0 heterocycles. The molecule has 11 heavy (non-hydrogen) atoms. The summed E-state index contributed by atoms with van der Waals surface area (Å²) in [5, 5.41) is 10.2. The maximum Gasteiger partial charge on any atom is 0.325 e. The van der Waals surface area contributed by atoms with Crippen molar-refractivity contribution >= 4 is 18.4 Å². The molecule has 0 unspecified atom stereocenters. The third-order valence-electron chi connectivity index (χ3n) is 1.27. The van der Waals surface area contributed by atoms with Gasteiger partial charge in [0.1, 0.15) is 0 Å². The molecule has 1 aliphatic rings. The molecule has 1 aliphatic carbocycles. The summed E-state index contributed by atoms with van der Waals surface area (Å²) in [6, 6.07) is 0. The van der Waals surface area contributed by atoms with Crippen LogP contribution in [0.25, 0.3) is 0 Å². The average Bonchev–Trinajstić information content (AvgIpc) is 1.85. The van der Waals surface area contributed by atoms with Crippen LogP contribution in [-0.4, -0.2) is 10.7 Å². The lowest BCUT2D eigenvalue weighted by Gasteiger charge is -2.01. The number of nitro groups is 1. The van der Waals surface area contributed by atoms with E-state index in [4.69, 9.17) is 0 Å². The second-order valence-electron chi connectivity index (χ2n) is 2.02. The zero-order valence-electron chi connectivity index (χ0n) is 5.48. The summed E-state index contributed by atoms with van der Waals surface area (Å²) < 4.78 is 0. The lowest BCUT2D eigenvalue weighted by molar-refractivity contribution is -0.419. The van der Waals surface area contributed by atoms with Crippen LogP contribution in [-0.2, 0) is 4.79 Å². The van der Waals surface area contributed by atoms with Crippen molar-refractivity contribution in [3.8, 4) is 0 Å². The van der Waals surface area contributed by atoms with Gasteiger partial charge in [-0.05, 0) is 6.08 Å². The van der Waals surface area contributed by atoms with E-state index in [-0.39, 0.29) is 4.91 Å². The average molecular weight is 171 g/mol. The first-order valence-corrected chi connectivity index (χ1v) is 3.35.